The van der Waals surface area contributed by atoms with Gasteiger partial charge in [0, 0.05) is 26.2 Å². The number of hydrogen-bond donors (Lipinski definition) is 2. The van der Waals surface area contributed by atoms with Gasteiger partial charge in [0.05, 0.1) is 0 Å². The topological polar surface area (TPSA) is 70.4 Å². The minimum Gasteiger partial charge on any atom is -0.357 e. The van der Waals surface area contributed by atoms with Crippen LogP contribution in [0.3, 0.4) is 0 Å². The van der Waals surface area contributed by atoms with Crippen LogP contribution < -0.4 is 10.6 Å². The van der Waals surface area contributed by atoms with E-state index in [2.05, 4.69) is 44.6 Å². The van der Waals surface area contributed by atoms with Crippen LogP contribution in [0.25, 0.3) is 0 Å². The molecule has 1 aromatic heterocycles. The zero-order chi connectivity index (χ0) is 15.9. The second-order valence-corrected chi connectivity index (χ2v) is 5.72. The van der Waals surface area contributed by atoms with Crippen LogP contribution in [0, 0.1) is 6.92 Å². The van der Waals surface area contributed by atoms with Gasteiger partial charge in [-0.2, -0.15) is 0 Å². The van der Waals surface area contributed by atoms with Crippen LogP contribution in [0.5, 0.6) is 0 Å². The second kappa shape index (κ2) is 10.1. The van der Waals surface area contributed by atoms with Gasteiger partial charge in [-0.15, -0.1) is 34.2 Å². The maximum Gasteiger partial charge on any atom is 0.191 e. The Morgan fingerprint density at radius 1 is 1.30 bits per heavy atom. The van der Waals surface area contributed by atoms with Crippen molar-refractivity contribution in [1.82, 2.24) is 30.3 Å². The summed E-state index contributed by atoms with van der Waals surface area (Å²) in [6.45, 7) is 10.9. The molecule has 1 unspecified atom stereocenters. The fourth-order valence-electron chi connectivity index (χ4n) is 2.84. The number of aliphatic imine (C=N–C) groups is 1. The predicted octanol–water partition coefficient (Wildman–Crippen LogP) is 1.28. The summed E-state index contributed by atoms with van der Waals surface area (Å²) in [4.78, 5) is 7.15. The number of aromatic nitrogens is 3. The molecular formula is C15H30IN7. The van der Waals surface area contributed by atoms with Crippen LogP contribution in [0.2, 0.25) is 0 Å². The third-order valence-electron chi connectivity index (χ3n) is 4.32. The van der Waals surface area contributed by atoms with Crippen LogP contribution in [0.1, 0.15) is 38.3 Å². The number of aryl methyl sites for hydroxylation is 1. The minimum absolute atomic E-state index is 0. The maximum atomic E-state index is 4.62. The average Bonchev–Trinajstić information content (AvgIpc) is 3.10. The zero-order valence-corrected chi connectivity index (χ0v) is 17.0. The Labute approximate surface area is 156 Å². The Kier molecular flexibility index (Phi) is 8.82. The molecule has 23 heavy (non-hydrogen) atoms. The van der Waals surface area contributed by atoms with Crippen molar-refractivity contribution in [2.45, 2.75) is 46.2 Å². The van der Waals surface area contributed by atoms with Gasteiger partial charge in [-0.05, 0) is 39.8 Å². The Morgan fingerprint density at radius 2 is 2.09 bits per heavy atom. The van der Waals surface area contributed by atoms with Crippen LogP contribution in [0.15, 0.2) is 4.99 Å². The monoisotopic (exact) mass is 435 g/mol. The van der Waals surface area contributed by atoms with Crippen LogP contribution >= 0.6 is 24.0 Å². The molecule has 0 bridgehead atoms. The summed E-state index contributed by atoms with van der Waals surface area (Å²) in [5.41, 5.74) is 0. The molecule has 0 aliphatic carbocycles. The highest BCUT2D eigenvalue weighted by molar-refractivity contribution is 14.0. The molecule has 0 radical (unpaired) electrons. The van der Waals surface area contributed by atoms with Crippen molar-refractivity contribution in [3.05, 3.63) is 11.6 Å². The highest BCUT2D eigenvalue weighted by Crippen LogP contribution is 2.15. The van der Waals surface area contributed by atoms with Gasteiger partial charge in [-0.1, -0.05) is 6.92 Å². The Bertz CT molecular complexity index is 500. The maximum absolute atomic E-state index is 4.62. The van der Waals surface area contributed by atoms with Gasteiger partial charge in [-0.3, -0.25) is 4.90 Å². The van der Waals surface area contributed by atoms with E-state index in [0.29, 0.717) is 12.6 Å². The molecule has 8 heteroatoms. The van der Waals surface area contributed by atoms with Crippen LogP contribution in [-0.4, -0.2) is 57.8 Å². The molecule has 1 saturated heterocycles. The smallest absolute Gasteiger partial charge is 0.191 e. The number of likely N-dealkylation sites (N-methyl/N-ethyl adjacent to an activating group) is 1. The van der Waals surface area contributed by atoms with Crippen molar-refractivity contribution in [2.24, 2.45) is 12.0 Å². The van der Waals surface area contributed by atoms with Gasteiger partial charge in [0.1, 0.15) is 12.4 Å². The summed E-state index contributed by atoms with van der Waals surface area (Å²) in [6.07, 6.45) is 2.56. The lowest BCUT2D eigenvalue weighted by Gasteiger charge is -2.23. The third-order valence-corrected chi connectivity index (χ3v) is 4.32. The van der Waals surface area contributed by atoms with E-state index in [1.54, 1.807) is 0 Å². The number of rotatable bonds is 6. The van der Waals surface area contributed by atoms with Crippen LogP contribution in [0.4, 0.5) is 0 Å². The van der Waals surface area contributed by atoms with E-state index in [9.17, 15) is 0 Å². The van der Waals surface area contributed by atoms with E-state index < -0.39 is 0 Å². The van der Waals surface area contributed by atoms with Gasteiger partial charge in [-0.25, -0.2) is 4.99 Å². The van der Waals surface area contributed by atoms with E-state index in [1.807, 2.05) is 18.5 Å². The van der Waals surface area contributed by atoms with Gasteiger partial charge in [0.25, 0.3) is 0 Å². The van der Waals surface area contributed by atoms with E-state index in [0.717, 1.165) is 37.2 Å². The van der Waals surface area contributed by atoms with Crippen molar-refractivity contribution < 1.29 is 0 Å². The molecular weight excluding hydrogens is 405 g/mol. The third kappa shape index (κ3) is 5.59. The number of guanidine groups is 1. The van der Waals surface area contributed by atoms with E-state index >= 15 is 0 Å². The molecule has 1 atom stereocenters. The quantitative estimate of drug-likeness (QED) is 0.400. The molecule has 2 heterocycles. The average molecular weight is 435 g/mol. The van der Waals surface area contributed by atoms with E-state index in [-0.39, 0.29) is 24.0 Å². The lowest BCUT2D eigenvalue weighted by atomic mass is 10.2. The largest absolute Gasteiger partial charge is 0.357 e. The summed E-state index contributed by atoms with van der Waals surface area (Å²) in [5, 5.41) is 15.0. The highest BCUT2D eigenvalue weighted by Gasteiger charge is 2.22. The minimum atomic E-state index is 0. The molecule has 1 aliphatic heterocycles. The van der Waals surface area contributed by atoms with Crippen LogP contribution in [-0.2, 0) is 13.6 Å². The number of halogens is 1. The van der Waals surface area contributed by atoms with Crippen molar-refractivity contribution in [2.75, 3.05) is 26.2 Å². The normalized spacial score (nSPS) is 18.8. The van der Waals surface area contributed by atoms with E-state index in [4.69, 9.17) is 0 Å². The molecule has 132 valence electrons. The first-order valence-corrected chi connectivity index (χ1v) is 8.26. The SMILES string of the molecule is CCNC(=NCc1nnc(C)n1C)NCC1CCCN1CC.I. The first-order valence-electron chi connectivity index (χ1n) is 8.26. The fourth-order valence-corrected chi connectivity index (χ4v) is 2.84. The molecule has 1 aromatic rings. The highest BCUT2D eigenvalue weighted by atomic mass is 127. The zero-order valence-electron chi connectivity index (χ0n) is 14.7. The number of likely N-dealkylation sites (tertiary alicyclic amines) is 1. The standard InChI is InChI=1S/C15H29N7.HI/c1-5-16-15(17-10-13-8-7-9-22(13)6-2)18-11-14-20-19-12(3)21(14)4;/h13H,5-11H2,1-4H3,(H2,16,17,18);1H. The number of nitrogens with zero attached hydrogens (tertiary/aromatic N) is 5. The number of nitrogens with one attached hydrogen (secondary N) is 2. The lowest BCUT2D eigenvalue weighted by Crippen LogP contribution is -2.44. The molecule has 2 N–H and O–H groups in total. The molecule has 7 nitrogen and oxygen atoms in total. The van der Waals surface area contributed by atoms with Crippen molar-refractivity contribution in [1.29, 1.82) is 0 Å². The van der Waals surface area contributed by atoms with Gasteiger partial charge >= 0.3 is 0 Å². The van der Waals surface area contributed by atoms with E-state index in [1.165, 1.54) is 19.4 Å². The molecule has 1 aliphatic rings. The first-order chi connectivity index (χ1) is 10.7. The Morgan fingerprint density at radius 3 is 2.70 bits per heavy atom. The van der Waals surface area contributed by atoms with Gasteiger partial charge < -0.3 is 15.2 Å². The second-order valence-electron chi connectivity index (χ2n) is 5.72. The Balaban J connectivity index is 0.00000264. The van der Waals surface area contributed by atoms with Gasteiger partial charge in [0.2, 0.25) is 0 Å². The van der Waals surface area contributed by atoms with Crippen molar-refractivity contribution >= 4 is 29.9 Å². The molecule has 0 spiro atoms. The van der Waals surface area contributed by atoms with Crippen molar-refractivity contribution in [3.63, 3.8) is 0 Å². The summed E-state index contributed by atoms with van der Waals surface area (Å²) in [6, 6.07) is 0.617. The molecule has 1 fully saturated rings. The lowest BCUT2D eigenvalue weighted by molar-refractivity contribution is 0.267. The summed E-state index contributed by atoms with van der Waals surface area (Å²) >= 11 is 0. The molecule has 0 saturated carbocycles. The van der Waals surface area contributed by atoms with Crippen molar-refractivity contribution in [3.8, 4) is 0 Å². The summed E-state index contributed by atoms with van der Waals surface area (Å²) in [7, 11) is 1.97. The summed E-state index contributed by atoms with van der Waals surface area (Å²) in [5.74, 6) is 2.64. The number of hydrogen-bond acceptors (Lipinski definition) is 4. The first kappa shape index (κ1) is 20.1. The predicted molar refractivity (Wildman–Crippen MR) is 104 cm³/mol. The molecule has 2 rings (SSSR count). The van der Waals surface area contributed by atoms with Gasteiger partial charge in [0.15, 0.2) is 11.8 Å². The molecule has 0 amide bonds. The summed E-state index contributed by atoms with van der Waals surface area (Å²) < 4.78 is 1.98. The Hall–Kier alpha value is -0.900. The fraction of sp³-hybridized carbons (Fsp3) is 0.800. The molecule has 0 aromatic carbocycles.